The molecule has 0 unspecified atom stereocenters. The summed E-state index contributed by atoms with van der Waals surface area (Å²) in [5.74, 6) is 1.04. The van der Waals surface area contributed by atoms with Gasteiger partial charge in [0.2, 0.25) is 5.95 Å². The molecule has 0 bridgehead atoms. The Kier molecular flexibility index (Phi) is 5.47. The fourth-order valence-corrected chi connectivity index (χ4v) is 4.05. The van der Waals surface area contributed by atoms with E-state index in [-0.39, 0.29) is 11.5 Å². The Morgan fingerprint density at radius 3 is 2.67 bits per heavy atom. The van der Waals surface area contributed by atoms with E-state index in [0.29, 0.717) is 60.0 Å². The Balaban J connectivity index is 1.37. The van der Waals surface area contributed by atoms with E-state index in [1.165, 1.54) is 4.80 Å². The molecule has 0 spiro atoms. The van der Waals surface area contributed by atoms with Gasteiger partial charge in [0.1, 0.15) is 5.75 Å². The summed E-state index contributed by atoms with van der Waals surface area (Å²) in [4.78, 5) is 38.8. The number of hydrogen-bond donors (Lipinski definition) is 1. The summed E-state index contributed by atoms with van der Waals surface area (Å²) < 4.78 is 5.21. The number of aromatic amines is 1. The third-order valence-corrected chi connectivity index (χ3v) is 5.75. The molecule has 4 aromatic rings. The molecule has 1 amide bonds. The molecule has 2 aromatic carbocycles. The predicted molar refractivity (Wildman–Crippen MR) is 123 cm³/mol. The number of carbonyl (C=O) groups is 1. The number of nitrogens with one attached hydrogen (secondary N) is 1. The van der Waals surface area contributed by atoms with E-state index in [9.17, 15) is 9.59 Å². The highest BCUT2D eigenvalue weighted by Crippen LogP contribution is 2.20. The van der Waals surface area contributed by atoms with Crippen molar-refractivity contribution in [3.05, 3.63) is 70.8 Å². The van der Waals surface area contributed by atoms with E-state index in [0.717, 1.165) is 6.42 Å². The van der Waals surface area contributed by atoms with E-state index < -0.39 is 0 Å². The number of nitrogens with zero attached hydrogens (tertiary/aromatic N) is 6. The minimum atomic E-state index is -0.216. The first-order chi connectivity index (χ1) is 16.1. The van der Waals surface area contributed by atoms with E-state index in [1.54, 1.807) is 43.8 Å². The molecular weight excluding hydrogens is 422 g/mol. The molecule has 3 heterocycles. The van der Waals surface area contributed by atoms with Gasteiger partial charge in [-0.3, -0.25) is 14.6 Å². The molecule has 0 radical (unpaired) electrons. The molecule has 5 rings (SSSR count). The molecule has 1 saturated heterocycles. The maximum Gasteiger partial charge on any atom is 0.260 e. The number of fused-ring (bicyclic) bond motifs is 1. The lowest BCUT2D eigenvalue weighted by molar-refractivity contribution is 0.0766. The summed E-state index contributed by atoms with van der Waals surface area (Å²) in [6.07, 6.45) is 3.91. The van der Waals surface area contributed by atoms with Crippen molar-refractivity contribution in [2.75, 3.05) is 38.2 Å². The van der Waals surface area contributed by atoms with Crippen LogP contribution in [0, 0.1) is 0 Å². The summed E-state index contributed by atoms with van der Waals surface area (Å²) >= 11 is 0. The second-order valence-electron chi connectivity index (χ2n) is 7.74. The van der Waals surface area contributed by atoms with Gasteiger partial charge in [-0.1, -0.05) is 12.1 Å². The van der Waals surface area contributed by atoms with Crippen molar-refractivity contribution in [1.29, 1.82) is 0 Å². The summed E-state index contributed by atoms with van der Waals surface area (Å²) in [6, 6.07) is 12.6. The SMILES string of the molecule is COc1ccc2nc(N3CCCN(C(=O)c4ccccc4-n4nccn4)CC3)[nH]c(=O)c2c1. The number of rotatable bonds is 4. The highest BCUT2D eigenvalue weighted by atomic mass is 16.5. The zero-order valence-electron chi connectivity index (χ0n) is 18.1. The van der Waals surface area contributed by atoms with Gasteiger partial charge >= 0.3 is 0 Å². The average Bonchev–Trinajstić information content (AvgIpc) is 3.27. The van der Waals surface area contributed by atoms with Crippen LogP contribution in [0.4, 0.5) is 5.95 Å². The Morgan fingerprint density at radius 2 is 1.85 bits per heavy atom. The molecular formula is C23H23N7O3. The number of para-hydroxylation sites is 1. The number of anilines is 1. The van der Waals surface area contributed by atoms with Crippen molar-refractivity contribution in [1.82, 2.24) is 29.9 Å². The van der Waals surface area contributed by atoms with Crippen LogP contribution in [-0.2, 0) is 0 Å². The van der Waals surface area contributed by atoms with Crippen LogP contribution in [0.3, 0.4) is 0 Å². The number of hydrogen-bond acceptors (Lipinski definition) is 7. The van der Waals surface area contributed by atoms with Gasteiger partial charge in [-0.05, 0) is 36.8 Å². The average molecular weight is 445 g/mol. The van der Waals surface area contributed by atoms with Gasteiger partial charge < -0.3 is 14.5 Å². The van der Waals surface area contributed by atoms with Crippen molar-refractivity contribution >= 4 is 22.8 Å². The van der Waals surface area contributed by atoms with Gasteiger partial charge in [0.05, 0.1) is 41.7 Å². The Bertz CT molecular complexity index is 1350. The number of ether oxygens (including phenoxy) is 1. The fraction of sp³-hybridized carbons (Fsp3) is 0.261. The Morgan fingerprint density at radius 1 is 1.03 bits per heavy atom. The van der Waals surface area contributed by atoms with Crippen LogP contribution in [0.1, 0.15) is 16.8 Å². The molecule has 0 aliphatic carbocycles. The van der Waals surface area contributed by atoms with E-state index in [2.05, 4.69) is 20.2 Å². The van der Waals surface area contributed by atoms with Gasteiger partial charge in [-0.2, -0.15) is 15.0 Å². The van der Waals surface area contributed by atoms with E-state index in [1.807, 2.05) is 28.0 Å². The molecule has 1 fully saturated rings. The minimum absolute atomic E-state index is 0.0724. The molecule has 2 aromatic heterocycles. The van der Waals surface area contributed by atoms with Crippen LogP contribution in [0.15, 0.2) is 59.7 Å². The second-order valence-corrected chi connectivity index (χ2v) is 7.74. The van der Waals surface area contributed by atoms with Gasteiger partial charge in [0, 0.05) is 26.2 Å². The smallest absolute Gasteiger partial charge is 0.260 e. The van der Waals surface area contributed by atoms with Crippen LogP contribution in [-0.4, -0.2) is 69.1 Å². The molecule has 10 heteroatoms. The van der Waals surface area contributed by atoms with Crippen LogP contribution >= 0.6 is 0 Å². The van der Waals surface area contributed by atoms with Crippen LogP contribution < -0.4 is 15.2 Å². The van der Waals surface area contributed by atoms with Gasteiger partial charge in [0.15, 0.2) is 0 Å². The monoisotopic (exact) mass is 445 g/mol. The fourth-order valence-electron chi connectivity index (χ4n) is 4.05. The first-order valence-electron chi connectivity index (χ1n) is 10.7. The number of benzene rings is 2. The van der Waals surface area contributed by atoms with Gasteiger partial charge in [0.25, 0.3) is 11.5 Å². The molecule has 1 N–H and O–H groups in total. The van der Waals surface area contributed by atoms with Crippen molar-refractivity contribution < 1.29 is 9.53 Å². The quantitative estimate of drug-likeness (QED) is 0.511. The Labute approximate surface area is 189 Å². The number of aromatic nitrogens is 5. The summed E-state index contributed by atoms with van der Waals surface area (Å²) in [7, 11) is 1.56. The molecule has 0 atom stereocenters. The van der Waals surface area contributed by atoms with E-state index >= 15 is 0 Å². The van der Waals surface area contributed by atoms with Crippen molar-refractivity contribution in [2.45, 2.75) is 6.42 Å². The zero-order chi connectivity index (χ0) is 22.8. The highest BCUT2D eigenvalue weighted by Gasteiger charge is 2.24. The first-order valence-corrected chi connectivity index (χ1v) is 10.7. The van der Waals surface area contributed by atoms with E-state index in [4.69, 9.17) is 4.74 Å². The molecule has 168 valence electrons. The molecule has 1 aliphatic rings. The summed E-state index contributed by atoms with van der Waals surface area (Å²) in [5.41, 5.74) is 1.58. The standard InChI is InChI=1S/C23H23N7O3/c1-33-16-7-8-19-18(15-16)21(31)27-23(26-19)29-12-4-11-28(13-14-29)22(32)17-5-2-3-6-20(17)30-24-9-10-25-30/h2-3,5-10,15H,4,11-14H2,1H3,(H,26,27,31). The number of methoxy groups -OCH3 is 1. The van der Waals surface area contributed by atoms with Crippen molar-refractivity contribution in [2.24, 2.45) is 0 Å². The minimum Gasteiger partial charge on any atom is -0.497 e. The van der Waals surface area contributed by atoms with Crippen molar-refractivity contribution in [3.8, 4) is 11.4 Å². The zero-order valence-corrected chi connectivity index (χ0v) is 18.1. The highest BCUT2D eigenvalue weighted by molar-refractivity contribution is 5.97. The molecule has 0 saturated carbocycles. The second kappa shape index (κ2) is 8.73. The summed E-state index contributed by atoms with van der Waals surface area (Å²) in [5, 5.41) is 8.81. The first kappa shape index (κ1) is 20.7. The largest absolute Gasteiger partial charge is 0.497 e. The van der Waals surface area contributed by atoms with Crippen LogP contribution in [0.25, 0.3) is 16.6 Å². The third-order valence-electron chi connectivity index (χ3n) is 5.75. The lowest BCUT2D eigenvalue weighted by atomic mass is 10.1. The Hall–Kier alpha value is -4.21. The number of H-pyrrole nitrogens is 1. The topological polar surface area (TPSA) is 109 Å². The van der Waals surface area contributed by atoms with Gasteiger partial charge in [-0.25, -0.2) is 4.98 Å². The molecule has 10 nitrogen and oxygen atoms in total. The van der Waals surface area contributed by atoms with Crippen LogP contribution in [0.2, 0.25) is 0 Å². The predicted octanol–water partition coefficient (Wildman–Crippen LogP) is 1.86. The van der Waals surface area contributed by atoms with Crippen molar-refractivity contribution in [3.63, 3.8) is 0 Å². The third kappa shape index (κ3) is 4.02. The lowest BCUT2D eigenvalue weighted by Crippen LogP contribution is -2.36. The number of carbonyl (C=O) groups excluding carboxylic acids is 1. The molecule has 33 heavy (non-hydrogen) atoms. The maximum absolute atomic E-state index is 13.4. The van der Waals surface area contributed by atoms with Gasteiger partial charge in [-0.15, -0.1) is 0 Å². The number of amides is 1. The summed E-state index contributed by atoms with van der Waals surface area (Å²) in [6.45, 7) is 2.34. The van der Waals surface area contributed by atoms with Crippen LogP contribution in [0.5, 0.6) is 5.75 Å². The normalized spacial score (nSPS) is 14.3. The maximum atomic E-state index is 13.4. The molecule has 1 aliphatic heterocycles. The lowest BCUT2D eigenvalue weighted by Gasteiger charge is -2.23.